The summed E-state index contributed by atoms with van der Waals surface area (Å²) in [4.78, 5) is 44.9. The Bertz CT molecular complexity index is 1300. The van der Waals surface area contributed by atoms with Crippen molar-refractivity contribution in [3.63, 3.8) is 0 Å². The molecule has 3 aromatic rings. The predicted molar refractivity (Wildman–Crippen MR) is 128 cm³/mol. The molecule has 3 heterocycles. The van der Waals surface area contributed by atoms with Crippen molar-refractivity contribution in [3.05, 3.63) is 75.9 Å². The fraction of sp³-hybridized carbons (Fsp3) is 0.280. The molecule has 7 nitrogen and oxygen atoms in total. The molecule has 9 heteroatoms. The van der Waals surface area contributed by atoms with Gasteiger partial charge in [-0.05, 0) is 48.4 Å². The van der Waals surface area contributed by atoms with Gasteiger partial charge in [0.05, 0.1) is 21.7 Å². The zero-order chi connectivity index (χ0) is 23.8. The number of nitrogens with one attached hydrogen (secondary N) is 1. The summed E-state index contributed by atoms with van der Waals surface area (Å²) in [6.45, 7) is 0.406. The number of carbonyl (C=O) groups is 3. The quantitative estimate of drug-likeness (QED) is 0.583. The molecule has 3 atom stereocenters. The maximum absolute atomic E-state index is 13.6. The number of amides is 2. The molecule has 0 radical (unpaired) electrons. The lowest BCUT2D eigenvalue weighted by molar-refractivity contribution is -0.138. The lowest BCUT2D eigenvalue weighted by atomic mass is 10.0. The topological polar surface area (TPSA) is 88.6 Å². The van der Waals surface area contributed by atoms with Crippen LogP contribution in [0.15, 0.2) is 54.7 Å². The molecule has 1 N–H and O–H groups in total. The van der Waals surface area contributed by atoms with Crippen molar-refractivity contribution >= 4 is 51.7 Å². The Morgan fingerprint density at radius 3 is 2.82 bits per heavy atom. The van der Waals surface area contributed by atoms with Crippen LogP contribution in [0.4, 0.5) is 0 Å². The number of ketones is 1. The largest absolute Gasteiger partial charge is 0.368 e. The molecular formula is C25H21Cl2N3O4. The number of fused-ring (bicyclic) bond motifs is 2. The van der Waals surface area contributed by atoms with E-state index in [1.165, 1.54) is 4.90 Å². The van der Waals surface area contributed by atoms with Crippen LogP contribution in [0.3, 0.4) is 0 Å². The minimum atomic E-state index is -0.901. The zero-order valence-electron chi connectivity index (χ0n) is 18.0. The van der Waals surface area contributed by atoms with Gasteiger partial charge in [0, 0.05) is 30.1 Å². The van der Waals surface area contributed by atoms with Gasteiger partial charge in [-0.2, -0.15) is 0 Å². The first-order valence-electron chi connectivity index (χ1n) is 10.9. The average Bonchev–Trinajstić information content (AvgIpc) is 3.43. The maximum atomic E-state index is 13.6. The van der Waals surface area contributed by atoms with Gasteiger partial charge in [0.2, 0.25) is 5.91 Å². The van der Waals surface area contributed by atoms with Crippen LogP contribution < -0.4 is 5.32 Å². The number of nitrogens with zero attached hydrogens (tertiary/aromatic N) is 2. The summed E-state index contributed by atoms with van der Waals surface area (Å²) in [6.07, 6.45) is 2.18. The van der Waals surface area contributed by atoms with Gasteiger partial charge in [0.1, 0.15) is 18.7 Å². The van der Waals surface area contributed by atoms with Crippen molar-refractivity contribution in [1.82, 2.24) is 15.2 Å². The standard InChI is InChI=1S/C25H21Cl2N3O4/c26-17-5-3-14(10-18(17)27)11-20(25(33)30-9-7-22-23(30)21(31)13-34-22)29-24(32)16-4-6-19-15(12-16)2-1-8-28-19/h1-6,8,10,12,20,22-23H,7,9,11,13H2,(H,29,32). The minimum absolute atomic E-state index is 0.00799. The molecule has 2 saturated heterocycles. The van der Waals surface area contributed by atoms with E-state index in [0.29, 0.717) is 28.6 Å². The second-order valence-electron chi connectivity index (χ2n) is 8.47. The zero-order valence-corrected chi connectivity index (χ0v) is 19.6. The van der Waals surface area contributed by atoms with Crippen LogP contribution in [-0.4, -0.2) is 58.8 Å². The Kier molecular flexibility index (Phi) is 6.25. The Labute approximate surface area is 206 Å². The van der Waals surface area contributed by atoms with Crippen LogP contribution in [0, 0.1) is 0 Å². The van der Waals surface area contributed by atoms with Crippen molar-refractivity contribution in [2.24, 2.45) is 0 Å². The second kappa shape index (κ2) is 9.33. The van der Waals surface area contributed by atoms with Gasteiger partial charge in [0.15, 0.2) is 5.78 Å². The summed E-state index contributed by atoms with van der Waals surface area (Å²) >= 11 is 12.2. The summed E-state index contributed by atoms with van der Waals surface area (Å²) in [5, 5.41) is 4.45. The highest BCUT2D eigenvalue weighted by atomic mass is 35.5. The maximum Gasteiger partial charge on any atom is 0.251 e. The molecule has 0 saturated carbocycles. The Morgan fingerprint density at radius 2 is 2.00 bits per heavy atom. The summed E-state index contributed by atoms with van der Waals surface area (Å²) in [5.41, 5.74) is 1.91. The first kappa shape index (κ1) is 22.8. The number of hydrogen-bond donors (Lipinski definition) is 1. The number of carbonyl (C=O) groups excluding carboxylic acids is 3. The number of likely N-dealkylation sites (tertiary alicyclic amines) is 1. The van der Waals surface area contributed by atoms with Crippen LogP contribution in [0.5, 0.6) is 0 Å². The molecular weight excluding hydrogens is 477 g/mol. The SMILES string of the molecule is O=C(NC(Cc1ccc(Cl)c(Cl)c1)C(=O)N1CCC2OCC(=O)C21)c1ccc2ncccc2c1. The summed E-state index contributed by atoms with van der Waals surface area (Å²) < 4.78 is 5.52. The molecule has 2 aliphatic rings. The number of Topliss-reactive ketones (excluding diaryl/α,β-unsaturated/α-hetero) is 1. The third kappa shape index (κ3) is 4.39. The molecule has 2 aliphatic heterocycles. The molecule has 2 aromatic carbocycles. The van der Waals surface area contributed by atoms with Crippen LogP contribution in [0.2, 0.25) is 10.0 Å². The van der Waals surface area contributed by atoms with E-state index in [1.54, 1.807) is 48.7 Å². The molecule has 0 bridgehead atoms. The van der Waals surface area contributed by atoms with E-state index in [4.69, 9.17) is 27.9 Å². The molecule has 34 heavy (non-hydrogen) atoms. The minimum Gasteiger partial charge on any atom is -0.368 e. The summed E-state index contributed by atoms with van der Waals surface area (Å²) in [6, 6.07) is 12.4. The van der Waals surface area contributed by atoms with Gasteiger partial charge in [-0.1, -0.05) is 35.3 Å². The first-order chi connectivity index (χ1) is 16.4. The molecule has 0 aliphatic carbocycles. The fourth-order valence-corrected chi connectivity index (χ4v) is 4.92. The molecule has 0 spiro atoms. The first-order valence-corrected chi connectivity index (χ1v) is 11.7. The van der Waals surface area contributed by atoms with E-state index in [0.717, 1.165) is 16.5 Å². The van der Waals surface area contributed by atoms with Gasteiger partial charge < -0.3 is 15.0 Å². The Morgan fingerprint density at radius 1 is 1.15 bits per heavy atom. The number of ether oxygens (including phenoxy) is 1. The number of hydrogen-bond acceptors (Lipinski definition) is 5. The van der Waals surface area contributed by atoms with E-state index in [-0.39, 0.29) is 30.8 Å². The number of aromatic nitrogens is 1. The third-order valence-electron chi connectivity index (χ3n) is 6.29. The molecule has 2 fully saturated rings. The van der Waals surface area contributed by atoms with Crippen LogP contribution >= 0.6 is 23.2 Å². The normalized spacial score (nSPS) is 20.4. The summed E-state index contributed by atoms with van der Waals surface area (Å²) in [5.74, 6) is -0.834. The molecule has 1 aromatic heterocycles. The van der Waals surface area contributed by atoms with Crippen molar-refractivity contribution in [2.75, 3.05) is 13.2 Å². The van der Waals surface area contributed by atoms with Crippen molar-refractivity contribution in [2.45, 2.75) is 31.0 Å². The smallest absolute Gasteiger partial charge is 0.251 e. The fourth-order valence-electron chi connectivity index (χ4n) is 4.60. The van der Waals surface area contributed by atoms with E-state index < -0.39 is 18.0 Å². The lowest BCUT2D eigenvalue weighted by Crippen LogP contribution is -2.53. The lowest BCUT2D eigenvalue weighted by Gasteiger charge is -2.27. The average molecular weight is 498 g/mol. The van der Waals surface area contributed by atoms with E-state index in [1.807, 2.05) is 6.07 Å². The van der Waals surface area contributed by atoms with E-state index >= 15 is 0 Å². The van der Waals surface area contributed by atoms with Crippen molar-refractivity contribution < 1.29 is 19.1 Å². The Hall–Kier alpha value is -3.00. The second-order valence-corrected chi connectivity index (χ2v) is 9.28. The highest BCUT2D eigenvalue weighted by molar-refractivity contribution is 6.42. The van der Waals surface area contributed by atoms with Crippen LogP contribution in [0.25, 0.3) is 10.9 Å². The Balaban J connectivity index is 1.42. The van der Waals surface area contributed by atoms with Crippen LogP contribution in [0.1, 0.15) is 22.3 Å². The molecule has 5 rings (SSSR count). The predicted octanol–water partition coefficient (Wildman–Crippen LogP) is 3.45. The van der Waals surface area contributed by atoms with Crippen molar-refractivity contribution in [3.8, 4) is 0 Å². The van der Waals surface area contributed by atoms with E-state index in [9.17, 15) is 14.4 Å². The monoisotopic (exact) mass is 497 g/mol. The highest BCUT2D eigenvalue weighted by Gasteiger charge is 2.48. The highest BCUT2D eigenvalue weighted by Crippen LogP contribution is 2.29. The van der Waals surface area contributed by atoms with Gasteiger partial charge in [-0.3, -0.25) is 19.4 Å². The van der Waals surface area contributed by atoms with Gasteiger partial charge in [-0.25, -0.2) is 0 Å². The number of rotatable bonds is 5. The van der Waals surface area contributed by atoms with Crippen LogP contribution in [-0.2, 0) is 20.7 Å². The number of halogens is 2. The number of pyridine rings is 1. The number of benzene rings is 2. The van der Waals surface area contributed by atoms with Crippen molar-refractivity contribution in [1.29, 1.82) is 0 Å². The summed E-state index contributed by atoms with van der Waals surface area (Å²) in [7, 11) is 0. The molecule has 2 amide bonds. The third-order valence-corrected chi connectivity index (χ3v) is 7.03. The molecule has 3 unspecified atom stereocenters. The van der Waals surface area contributed by atoms with Gasteiger partial charge in [0.25, 0.3) is 5.91 Å². The van der Waals surface area contributed by atoms with Gasteiger partial charge >= 0.3 is 0 Å². The van der Waals surface area contributed by atoms with E-state index in [2.05, 4.69) is 10.3 Å². The van der Waals surface area contributed by atoms with Gasteiger partial charge in [-0.15, -0.1) is 0 Å². The molecule has 174 valence electrons.